The van der Waals surface area contributed by atoms with Crippen LogP contribution in [0.15, 0.2) is 40.9 Å². The van der Waals surface area contributed by atoms with Crippen molar-refractivity contribution in [2.75, 3.05) is 0 Å². The van der Waals surface area contributed by atoms with Crippen molar-refractivity contribution in [1.29, 1.82) is 0 Å². The number of nitrogens with one attached hydrogen (secondary N) is 1. The SMILES string of the molecule is OC12CC3CC(C1)CC(NCc1cc(-c4ccccc4)on1)(C3)C2. The maximum atomic E-state index is 10.8. The summed E-state index contributed by atoms with van der Waals surface area (Å²) in [7, 11) is 0. The Balaban J connectivity index is 1.31. The molecule has 1 heterocycles. The van der Waals surface area contributed by atoms with Gasteiger partial charge in [0.25, 0.3) is 0 Å². The Kier molecular flexibility index (Phi) is 3.16. The molecule has 0 saturated heterocycles. The van der Waals surface area contributed by atoms with E-state index < -0.39 is 5.60 Å². The van der Waals surface area contributed by atoms with Gasteiger partial charge in [0.05, 0.1) is 11.3 Å². The van der Waals surface area contributed by atoms with Gasteiger partial charge in [-0.1, -0.05) is 35.5 Å². The van der Waals surface area contributed by atoms with E-state index in [4.69, 9.17) is 4.52 Å². The number of hydrogen-bond acceptors (Lipinski definition) is 4. The molecule has 4 saturated carbocycles. The van der Waals surface area contributed by atoms with Crippen molar-refractivity contribution in [2.45, 2.75) is 56.2 Å². The predicted molar refractivity (Wildman–Crippen MR) is 91.1 cm³/mol. The van der Waals surface area contributed by atoms with Crippen LogP contribution >= 0.6 is 0 Å². The molecule has 2 N–H and O–H groups in total. The smallest absolute Gasteiger partial charge is 0.167 e. The maximum Gasteiger partial charge on any atom is 0.167 e. The molecule has 0 amide bonds. The average Bonchev–Trinajstić information content (AvgIpc) is 3.01. The Labute approximate surface area is 142 Å². The predicted octanol–water partition coefficient (Wildman–Crippen LogP) is 3.51. The molecule has 126 valence electrons. The molecule has 6 rings (SSSR count). The largest absolute Gasteiger partial charge is 0.390 e. The lowest BCUT2D eigenvalue weighted by molar-refractivity contribution is -0.142. The first kappa shape index (κ1) is 14.7. The summed E-state index contributed by atoms with van der Waals surface area (Å²) >= 11 is 0. The molecule has 0 radical (unpaired) electrons. The van der Waals surface area contributed by atoms with Crippen LogP contribution in [0.3, 0.4) is 0 Å². The summed E-state index contributed by atoms with van der Waals surface area (Å²) in [5.74, 6) is 2.21. The van der Waals surface area contributed by atoms with E-state index >= 15 is 0 Å². The van der Waals surface area contributed by atoms with E-state index in [0.717, 1.165) is 36.3 Å². The summed E-state index contributed by atoms with van der Waals surface area (Å²) in [4.78, 5) is 0. The third-order valence-corrected chi connectivity index (χ3v) is 6.29. The number of aromatic nitrogens is 1. The quantitative estimate of drug-likeness (QED) is 0.903. The summed E-state index contributed by atoms with van der Waals surface area (Å²) in [5.41, 5.74) is 1.68. The first-order valence-corrected chi connectivity index (χ1v) is 9.10. The number of aliphatic hydroxyl groups is 1. The van der Waals surface area contributed by atoms with Crippen molar-refractivity contribution in [3.63, 3.8) is 0 Å². The van der Waals surface area contributed by atoms with Crippen molar-refractivity contribution in [2.24, 2.45) is 11.8 Å². The molecule has 4 aliphatic rings. The van der Waals surface area contributed by atoms with Gasteiger partial charge in [0.2, 0.25) is 0 Å². The van der Waals surface area contributed by atoms with E-state index in [1.807, 2.05) is 36.4 Å². The molecule has 4 nitrogen and oxygen atoms in total. The molecule has 2 atom stereocenters. The average molecular weight is 324 g/mol. The molecule has 0 aliphatic heterocycles. The van der Waals surface area contributed by atoms with E-state index in [9.17, 15) is 5.11 Å². The second-order valence-corrected chi connectivity index (χ2v) is 8.37. The van der Waals surface area contributed by atoms with Crippen molar-refractivity contribution in [1.82, 2.24) is 10.5 Å². The van der Waals surface area contributed by atoms with Gasteiger partial charge in [0, 0.05) is 23.7 Å². The monoisotopic (exact) mass is 324 g/mol. The molecule has 4 heteroatoms. The third kappa shape index (κ3) is 2.49. The highest BCUT2D eigenvalue weighted by Crippen LogP contribution is 2.57. The summed E-state index contributed by atoms with van der Waals surface area (Å²) in [6, 6.07) is 12.1. The van der Waals surface area contributed by atoms with E-state index in [1.165, 1.54) is 19.3 Å². The van der Waals surface area contributed by atoms with E-state index in [-0.39, 0.29) is 5.54 Å². The van der Waals surface area contributed by atoms with E-state index in [1.54, 1.807) is 0 Å². The minimum Gasteiger partial charge on any atom is -0.390 e. The maximum absolute atomic E-state index is 10.8. The molecular weight excluding hydrogens is 300 g/mol. The summed E-state index contributed by atoms with van der Waals surface area (Å²) < 4.78 is 5.50. The number of rotatable bonds is 4. The molecule has 4 fully saturated rings. The fourth-order valence-corrected chi connectivity index (χ4v) is 5.83. The highest BCUT2D eigenvalue weighted by atomic mass is 16.5. The molecule has 2 aromatic rings. The summed E-state index contributed by atoms with van der Waals surface area (Å²) in [6.45, 7) is 0.714. The van der Waals surface area contributed by atoms with Crippen LogP contribution in [-0.4, -0.2) is 21.4 Å². The molecule has 1 aromatic heterocycles. The van der Waals surface area contributed by atoms with E-state index in [2.05, 4.69) is 10.5 Å². The molecule has 2 unspecified atom stereocenters. The molecule has 24 heavy (non-hydrogen) atoms. The third-order valence-electron chi connectivity index (χ3n) is 6.29. The van der Waals surface area contributed by atoms with Crippen LogP contribution in [0, 0.1) is 11.8 Å². The molecular formula is C20H24N2O2. The van der Waals surface area contributed by atoms with Crippen LogP contribution in [0.1, 0.15) is 44.2 Å². The Morgan fingerprint density at radius 2 is 1.88 bits per heavy atom. The van der Waals surface area contributed by atoms with Gasteiger partial charge < -0.3 is 14.9 Å². The summed E-state index contributed by atoms with van der Waals surface area (Å²) in [5, 5.41) is 18.8. The highest BCUT2D eigenvalue weighted by Gasteiger charge is 2.56. The lowest BCUT2D eigenvalue weighted by Crippen LogP contribution is -2.64. The zero-order valence-electron chi connectivity index (χ0n) is 13.9. The van der Waals surface area contributed by atoms with Crippen LogP contribution < -0.4 is 5.32 Å². The number of hydrogen-bond donors (Lipinski definition) is 2. The molecule has 1 aromatic carbocycles. The first-order valence-electron chi connectivity index (χ1n) is 9.10. The molecule has 4 aliphatic carbocycles. The zero-order chi connectivity index (χ0) is 16.2. The molecule has 4 bridgehead atoms. The van der Waals surface area contributed by atoms with Gasteiger partial charge in [0.1, 0.15) is 0 Å². The number of nitrogens with zero attached hydrogens (tertiary/aromatic N) is 1. The minimum absolute atomic E-state index is 0.102. The lowest BCUT2D eigenvalue weighted by Gasteiger charge is -2.60. The van der Waals surface area contributed by atoms with Gasteiger partial charge in [-0.2, -0.15) is 0 Å². The standard InChI is InChI=1S/C20H24N2O2/c23-20-10-14-6-15(11-20)9-19(8-14,13-20)21-12-17-7-18(24-22-17)16-4-2-1-3-5-16/h1-5,7,14-15,21,23H,6,8-13H2. The second-order valence-electron chi connectivity index (χ2n) is 8.37. The van der Waals surface area contributed by atoms with Crippen LogP contribution in [0.5, 0.6) is 0 Å². The van der Waals surface area contributed by atoms with Gasteiger partial charge in [-0.3, -0.25) is 0 Å². The topological polar surface area (TPSA) is 58.3 Å². The van der Waals surface area contributed by atoms with Gasteiger partial charge in [0.15, 0.2) is 5.76 Å². The second kappa shape index (κ2) is 5.17. The lowest BCUT2D eigenvalue weighted by atomic mass is 9.51. The van der Waals surface area contributed by atoms with Crippen molar-refractivity contribution in [3.05, 3.63) is 42.1 Å². The normalized spacial score (nSPS) is 37.0. The Hall–Kier alpha value is -1.65. The Morgan fingerprint density at radius 3 is 2.58 bits per heavy atom. The Bertz CT molecular complexity index is 725. The van der Waals surface area contributed by atoms with Crippen molar-refractivity contribution in [3.8, 4) is 11.3 Å². The van der Waals surface area contributed by atoms with Crippen LogP contribution in [0.25, 0.3) is 11.3 Å². The van der Waals surface area contributed by atoms with Crippen molar-refractivity contribution < 1.29 is 9.63 Å². The fourth-order valence-electron chi connectivity index (χ4n) is 5.83. The van der Waals surface area contributed by atoms with Crippen molar-refractivity contribution >= 4 is 0 Å². The Morgan fingerprint density at radius 1 is 1.12 bits per heavy atom. The van der Waals surface area contributed by atoms with Gasteiger partial charge in [-0.05, 0) is 50.4 Å². The van der Waals surface area contributed by atoms with Crippen LogP contribution in [-0.2, 0) is 6.54 Å². The van der Waals surface area contributed by atoms with Gasteiger partial charge >= 0.3 is 0 Å². The summed E-state index contributed by atoms with van der Waals surface area (Å²) in [6.07, 6.45) is 6.64. The van der Waals surface area contributed by atoms with E-state index in [0.29, 0.717) is 18.4 Å². The highest BCUT2D eigenvalue weighted by molar-refractivity contribution is 5.56. The minimum atomic E-state index is -0.421. The zero-order valence-corrected chi connectivity index (χ0v) is 13.9. The molecule has 0 spiro atoms. The van der Waals surface area contributed by atoms with Crippen LogP contribution in [0.4, 0.5) is 0 Å². The van der Waals surface area contributed by atoms with Gasteiger partial charge in [-0.15, -0.1) is 0 Å². The van der Waals surface area contributed by atoms with Gasteiger partial charge in [-0.25, -0.2) is 0 Å². The van der Waals surface area contributed by atoms with Crippen LogP contribution in [0.2, 0.25) is 0 Å². The first-order chi connectivity index (χ1) is 11.6. The fraction of sp³-hybridized carbons (Fsp3) is 0.550. The number of benzene rings is 1.